The summed E-state index contributed by atoms with van der Waals surface area (Å²) < 4.78 is 12.2. The van der Waals surface area contributed by atoms with Crippen LogP contribution in [-0.4, -0.2) is 45.4 Å². The smallest absolute Gasteiger partial charge is 0.306 e. The molecule has 23 heavy (non-hydrogen) atoms. The second-order valence-electron chi connectivity index (χ2n) is 5.42. The first kappa shape index (κ1) is 17.3. The Morgan fingerprint density at radius 2 is 2.09 bits per heavy atom. The maximum Gasteiger partial charge on any atom is 0.306 e. The summed E-state index contributed by atoms with van der Waals surface area (Å²) in [7, 11) is 0. The lowest BCUT2D eigenvalue weighted by Gasteiger charge is -2.10. The van der Waals surface area contributed by atoms with Crippen molar-refractivity contribution < 1.29 is 14.3 Å². The SMILES string of the molecule is CCCCOCCOC(=O)CCc1c(C)nc2ncnn2c1C. The molecule has 0 amide bonds. The molecule has 0 atom stereocenters. The summed E-state index contributed by atoms with van der Waals surface area (Å²) >= 11 is 0. The molecule has 0 saturated heterocycles. The Morgan fingerprint density at radius 1 is 1.26 bits per heavy atom. The summed E-state index contributed by atoms with van der Waals surface area (Å²) in [6.45, 7) is 7.47. The van der Waals surface area contributed by atoms with Gasteiger partial charge < -0.3 is 9.47 Å². The van der Waals surface area contributed by atoms with E-state index >= 15 is 0 Å². The molecule has 2 aromatic heterocycles. The largest absolute Gasteiger partial charge is 0.463 e. The Balaban J connectivity index is 1.80. The van der Waals surface area contributed by atoms with Crippen molar-refractivity contribution in [3.8, 4) is 0 Å². The summed E-state index contributed by atoms with van der Waals surface area (Å²) in [5.41, 5.74) is 2.85. The molecule has 0 bridgehead atoms. The van der Waals surface area contributed by atoms with Gasteiger partial charge in [0.1, 0.15) is 12.9 Å². The lowest BCUT2D eigenvalue weighted by atomic mass is 10.1. The van der Waals surface area contributed by atoms with Crippen LogP contribution in [0, 0.1) is 13.8 Å². The van der Waals surface area contributed by atoms with Gasteiger partial charge in [-0.05, 0) is 32.3 Å². The summed E-state index contributed by atoms with van der Waals surface area (Å²) in [6.07, 6.45) is 4.51. The lowest BCUT2D eigenvalue weighted by molar-refractivity contribution is -0.145. The van der Waals surface area contributed by atoms with E-state index in [-0.39, 0.29) is 5.97 Å². The highest BCUT2D eigenvalue weighted by Crippen LogP contribution is 2.15. The van der Waals surface area contributed by atoms with Crippen molar-refractivity contribution in [2.75, 3.05) is 19.8 Å². The predicted octanol–water partition coefficient (Wildman–Crippen LogP) is 2.03. The number of aryl methyl sites for hydroxylation is 2. The molecule has 126 valence electrons. The number of ether oxygens (including phenoxy) is 2. The number of carbonyl (C=O) groups is 1. The number of esters is 1. The fourth-order valence-corrected chi connectivity index (χ4v) is 2.38. The Hall–Kier alpha value is -2.02. The first-order chi connectivity index (χ1) is 11.1. The maximum absolute atomic E-state index is 11.8. The third kappa shape index (κ3) is 4.72. The van der Waals surface area contributed by atoms with Gasteiger partial charge >= 0.3 is 5.97 Å². The van der Waals surface area contributed by atoms with Gasteiger partial charge in [-0.15, -0.1) is 0 Å². The molecule has 0 unspecified atom stereocenters. The highest BCUT2D eigenvalue weighted by Gasteiger charge is 2.13. The number of hydrogen-bond donors (Lipinski definition) is 0. The number of nitrogens with zero attached hydrogens (tertiary/aromatic N) is 4. The monoisotopic (exact) mass is 320 g/mol. The average molecular weight is 320 g/mol. The van der Waals surface area contributed by atoms with E-state index in [9.17, 15) is 4.79 Å². The first-order valence-corrected chi connectivity index (χ1v) is 8.02. The van der Waals surface area contributed by atoms with E-state index < -0.39 is 0 Å². The second-order valence-corrected chi connectivity index (χ2v) is 5.42. The minimum atomic E-state index is -0.221. The second kappa shape index (κ2) is 8.57. The van der Waals surface area contributed by atoms with E-state index in [0.717, 1.165) is 36.4 Å². The van der Waals surface area contributed by atoms with Gasteiger partial charge in [0.15, 0.2) is 0 Å². The van der Waals surface area contributed by atoms with Crippen LogP contribution in [0.2, 0.25) is 0 Å². The third-order valence-corrected chi connectivity index (χ3v) is 3.70. The molecule has 7 heteroatoms. The molecule has 0 saturated carbocycles. The maximum atomic E-state index is 11.8. The Labute approximate surface area is 136 Å². The quantitative estimate of drug-likeness (QED) is 0.519. The van der Waals surface area contributed by atoms with E-state index in [1.807, 2.05) is 13.8 Å². The van der Waals surface area contributed by atoms with Crippen molar-refractivity contribution in [2.45, 2.75) is 46.5 Å². The van der Waals surface area contributed by atoms with E-state index in [1.54, 1.807) is 4.52 Å². The molecule has 2 aromatic rings. The van der Waals surface area contributed by atoms with Crippen molar-refractivity contribution in [3.05, 3.63) is 23.3 Å². The summed E-state index contributed by atoms with van der Waals surface area (Å²) in [4.78, 5) is 20.3. The van der Waals surface area contributed by atoms with Crippen LogP contribution in [0.25, 0.3) is 5.78 Å². The van der Waals surface area contributed by atoms with Gasteiger partial charge in [-0.2, -0.15) is 10.1 Å². The van der Waals surface area contributed by atoms with E-state index in [2.05, 4.69) is 22.0 Å². The van der Waals surface area contributed by atoms with E-state index in [1.165, 1.54) is 6.33 Å². The molecule has 7 nitrogen and oxygen atoms in total. The van der Waals surface area contributed by atoms with Gasteiger partial charge in [0.05, 0.1) is 6.61 Å². The number of aromatic nitrogens is 4. The molecule has 2 heterocycles. The summed E-state index contributed by atoms with van der Waals surface area (Å²) in [6, 6.07) is 0. The molecule has 2 rings (SSSR count). The third-order valence-electron chi connectivity index (χ3n) is 3.70. The molecule has 0 aliphatic heterocycles. The molecule has 0 radical (unpaired) electrons. The van der Waals surface area contributed by atoms with Crippen molar-refractivity contribution in [3.63, 3.8) is 0 Å². The highest BCUT2D eigenvalue weighted by atomic mass is 16.6. The zero-order chi connectivity index (χ0) is 16.7. The molecular weight excluding hydrogens is 296 g/mol. The van der Waals surface area contributed by atoms with Crippen molar-refractivity contribution >= 4 is 11.7 Å². The highest BCUT2D eigenvalue weighted by molar-refractivity contribution is 5.69. The Bertz CT molecular complexity index is 654. The lowest BCUT2D eigenvalue weighted by Crippen LogP contribution is -2.13. The van der Waals surface area contributed by atoms with Gasteiger partial charge in [0, 0.05) is 24.4 Å². The van der Waals surface area contributed by atoms with Gasteiger partial charge in [-0.3, -0.25) is 4.79 Å². The zero-order valence-electron chi connectivity index (χ0n) is 14.0. The fourth-order valence-electron chi connectivity index (χ4n) is 2.38. The van der Waals surface area contributed by atoms with Crippen molar-refractivity contribution in [2.24, 2.45) is 0 Å². The van der Waals surface area contributed by atoms with E-state index in [4.69, 9.17) is 9.47 Å². The summed E-state index contributed by atoms with van der Waals surface area (Å²) in [5, 5.41) is 4.14. The predicted molar refractivity (Wildman–Crippen MR) is 85.3 cm³/mol. The van der Waals surface area contributed by atoms with Crippen LogP contribution in [-0.2, 0) is 20.7 Å². The standard InChI is InChI=1S/C16H24N4O3/c1-4-5-8-22-9-10-23-15(21)7-6-14-12(2)19-16-17-11-18-20(16)13(14)3/h11H,4-10H2,1-3H3. The normalized spacial score (nSPS) is 11.1. The molecule has 0 aliphatic rings. The van der Waals surface area contributed by atoms with Gasteiger partial charge in [0.25, 0.3) is 5.78 Å². The Morgan fingerprint density at radius 3 is 2.87 bits per heavy atom. The van der Waals surface area contributed by atoms with Crippen molar-refractivity contribution in [1.82, 2.24) is 19.6 Å². The molecular formula is C16H24N4O3. The minimum Gasteiger partial charge on any atom is -0.463 e. The number of fused-ring (bicyclic) bond motifs is 1. The van der Waals surface area contributed by atoms with Crippen LogP contribution in [0.3, 0.4) is 0 Å². The molecule has 0 spiro atoms. The number of rotatable bonds is 9. The van der Waals surface area contributed by atoms with Crippen LogP contribution in [0.5, 0.6) is 0 Å². The van der Waals surface area contributed by atoms with Crippen LogP contribution in [0.4, 0.5) is 0 Å². The summed E-state index contributed by atoms with van der Waals surface area (Å²) in [5.74, 6) is 0.358. The average Bonchev–Trinajstić information content (AvgIpc) is 2.99. The number of unbranched alkanes of at least 4 members (excludes halogenated alkanes) is 1. The van der Waals surface area contributed by atoms with Crippen molar-refractivity contribution in [1.29, 1.82) is 0 Å². The van der Waals surface area contributed by atoms with Crippen LogP contribution >= 0.6 is 0 Å². The number of hydrogen-bond acceptors (Lipinski definition) is 6. The Kier molecular flexibility index (Phi) is 6.46. The van der Waals surface area contributed by atoms with Gasteiger partial charge in [-0.1, -0.05) is 13.3 Å². The molecule has 0 aromatic carbocycles. The topological polar surface area (TPSA) is 78.6 Å². The molecule has 0 aliphatic carbocycles. The molecule has 0 fully saturated rings. The zero-order valence-corrected chi connectivity index (χ0v) is 14.0. The van der Waals surface area contributed by atoms with Crippen LogP contribution in [0.1, 0.15) is 43.1 Å². The number of carbonyl (C=O) groups excluding carboxylic acids is 1. The van der Waals surface area contributed by atoms with Gasteiger partial charge in [0.2, 0.25) is 0 Å². The minimum absolute atomic E-state index is 0.221. The van der Waals surface area contributed by atoms with Gasteiger partial charge in [-0.25, -0.2) is 9.50 Å². The van der Waals surface area contributed by atoms with E-state index in [0.29, 0.717) is 31.8 Å². The van der Waals surface area contributed by atoms with Crippen LogP contribution < -0.4 is 0 Å². The molecule has 0 N–H and O–H groups in total. The first-order valence-electron chi connectivity index (χ1n) is 8.02. The fraction of sp³-hybridized carbons (Fsp3) is 0.625. The van der Waals surface area contributed by atoms with Crippen LogP contribution in [0.15, 0.2) is 6.33 Å².